The van der Waals surface area contributed by atoms with Crippen LogP contribution in [0.25, 0.3) is 0 Å². The Morgan fingerprint density at radius 2 is 2.15 bits per heavy atom. The van der Waals surface area contributed by atoms with Crippen molar-refractivity contribution in [2.24, 2.45) is 5.92 Å². The molecule has 20 heavy (non-hydrogen) atoms. The first kappa shape index (κ1) is 16.8. The van der Waals surface area contributed by atoms with Crippen molar-refractivity contribution >= 4 is 23.5 Å². The molecule has 0 aliphatic rings. The highest BCUT2D eigenvalue weighted by atomic mass is 32.2. The first-order chi connectivity index (χ1) is 9.43. The standard InChI is InChI=1S/C14H21FN2O2S/c1-9(2)12(18)6-7-16-14(19)17-10-4-5-13(20-3)11(15)8-10/h4-5,8-9,12,18H,6-7H2,1-3H3,(H2,16,17,19). The van der Waals surface area contributed by atoms with Gasteiger partial charge in [-0.3, -0.25) is 0 Å². The van der Waals surface area contributed by atoms with Crippen LogP contribution in [0.5, 0.6) is 0 Å². The van der Waals surface area contributed by atoms with E-state index >= 15 is 0 Å². The second-order valence-corrected chi connectivity index (χ2v) is 5.68. The van der Waals surface area contributed by atoms with Gasteiger partial charge in [-0.25, -0.2) is 9.18 Å². The van der Waals surface area contributed by atoms with E-state index < -0.39 is 12.1 Å². The van der Waals surface area contributed by atoms with Gasteiger partial charge in [0.05, 0.1) is 6.10 Å². The van der Waals surface area contributed by atoms with Crippen LogP contribution in [0.4, 0.5) is 14.9 Å². The molecule has 0 heterocycles. The van der Waals surface area contributed by atoms with Crippen LogP contribution >= 0.6 is 11.8 Å². The molecule has 6 heteroatoms. The van der Waals surface area contributed by atoms with E-state index in [4.69, 9.17) is 0 Å². The van der Waals surface area contributed by atoms with E-state index in [-0.39, 0.29) is 11.7 Å². The monoisotopic (exact) mass is 300 g/mol. The summed E-state index contributed by atoms with van der Waals surface area (Å²) in [5, 5.41) is 14.8. The molecule has 0 aliphatic heterocycles. The van der Waals surface area contributed by atoms with Gasteiger partial charge in [-0.15, -0.1) is 11.8 Å². The topological polar surface area (TPSA) is 61.4 Å². The minimum absolute atomic E-state index is 0.160. The van der Waals surface area contributed by atoms with Crippen LogP contribution in [-0.4, -0.2) is 30.0 Å². The molecule has 0 fully saturated rings. The molecule has 0 bridgehead atoms. The molecule has 4 nitrogen and oxygen atoms in total. The Kier molecular flexibility index (Phi) is 6.81. The van der Waals surface area contributed by atoms with E-state index in [2.05, 4.69) is 10.6 Å². The van der Waals surface area contributed by atoms with Gasteiger partial charge in [0.25, 0.3) is 0 Å². The Labute approximate surface area is 123 Å². The lowest BCUT2D eigenvalue weighted by Crippen LogP contribution is -2.32. The van der Waals surface area contributed by atoms with Crippen molar-refractivity contribution in [1.29, 1.82) is 0 Å². The van der Waals surface area contributed by atoms with Crippen LogP contribution in [0.1, 0.15) is 20.3 Å². The van der Waals surface area contributed by atoms with Crippen molar-refractivity contribution in [3.05, 3.63) is 24.0 Å². The van der Waals surface area contributed by atoms with Crippen LogP contribution in [0, 0.1) is 11.7 Å². The fourth-order valence-corrected chi connectivity index (χ4v) is 2.04. The summed E-state index contributed by atoms with van der Waals surface area (Å²) in [6.45, 7) is 4.21. The van der Waals surface area contributed by atoms with Gasteiger partial charge >= 0.3 is 6.03 Å². The normalized spacial score (nSPS) is 12.3. The number of aliphatic hydroxyl groups is 1. The summed E-state index contributed by atoms with van der Waals surface area (Å²) in [4.78, 5) is 12.1. The highest BCUT2D eigenvalue weighted by Crippen LogP contribution is 2.22. The SMILES string of the molecule is CSc1ccc(NC(=O)NCCC(O)C(C)C)cc1F. The van der Waals surface area contributed by atoms with E-state index in [1.807, 2.05) is 13.8 Å². The first-order valence-corrected chi connectivity index (χ1v) is 7.73. The number of rotatable bonds is 6. The highest BCUT2D eigenvalue weighted by molar-refractivity contribution is 7.98. The van der Waals surface area contributed by atoms with Crippen molar-refractivity contribution in [1.82, 2.24) is 5.32 Å². The van der Waals surface area contributed by atoms with Gasteiger partial charge in [-0.2, -0.15) is 0 Å². The second-order valence-electron chi connectivity index (χ2n) is 4.83. The van der Waals surface area contributed by atoms with E-state index in [0.717, 1.165) is 0 Å². The molecule has 1 unspecified atom stereocenters. The number of carbonyl (C=O) groups excluding carboxylic acids is 1. The first-order valence-electron chi connectivity index (χ1n) is 6.50. The van der Waals surface area contributed by atoms with Crippen LogP contribution in [0.15, 0.2) is 23.1 Å². The number of hydrogen-bond acceptors (Lipinski definition) is 3. The van der Waals surface area contributed by atoms with Gasteiger partial charge in [0, 0.05) is 17.1 Å². The lowest BCUT2D eigenvalue weighted by atomic mass is 10.0. The zero-order valence-corrected chi connectivity index (χ0v) is 12.8. The van der Waals surface area contributed by atoms with Crippen molar-refractivity contribution in [2.45, 2.75) is 31.3 Å². The highest BCUT2D eigenvalue weighted by Gasteiger charge is 2.10. The van der Waals surface area contributed by atoms with E-state index in [1.165, 1.54) is 17.8 Å². The number of aliphatic hydroxyl groups excluding tert-OH is 1. The zero-order valence-electron chi connectivity index (χ0n) is 11.9. The van der Waals surface area contributed by atoms with Gasteiger partial charge in [-0.1, -0.05) is 13.8 Å². The number of benzene rings is 1. The molecule has 1 aromatic rings. The number of carbonyl (C=O) groups is 1. The van der Waals surface area contributed by atoms with E-state index in [0.29, 0.717) is 23.5 Å². The third kappa shape index (κ3) is 5.38. The lowest BCUT2D eigenvalue weighted by Gasteiger charge is -2.14. The number of nitrogens with one attached hydrogen (secondary N) is 2. The van der Waals surface area contributed by atoms with Crippen molar-refractivity contribution in [3.8, 4) is 0 Å². The van der Waals surface area contributed by atoms with Gasteiger partial charge in [0.15, 0.2) is 0 Å². The molecule has 1 aromatic carbocycles. The molecule has 1 rings (SSSR count). The van der Waals surface area contributed by atoms with Crippen molar-refractivity contribution in [3.63, 3.8) is 0 Å². The maximum Gasteiger partial charge on any atom is 0.319 e. The molecule has 2 amide bonds. The summed E-state index contributed by atoms with van der Waals surface area (Å²) < 4.78 is 13.5. The molecule has 0 saturated carbocycles. The fourth-order valence-electron chi connectivity index (χ4n) is 1.59. The van der Waals surface area contributed by atoms with E-state index in [9.17, 15) is 14.3 Å². The molecular weight excluding hydrogens is 279 g/mol. The minimum Gasteiger partial charge on any atom is -0.393 e. The summed E-state index contributed by atoms with van der Waals surface area (Å²) in [7, 11) is 0. The van der Waals surface area contributed by atoms with Gasteiger partial charge in [0.2, 0.25) is 0 Å². The maximum atomic E-state index is 13.5. The zero-order chi connectivity index (χ0) is 15.1. The van der Waals surface area contributed by atoms with Crippen molar-refractivity contribution < 1.29 is 14.3 Å². The quantitative estimate of drug-likeness (QED) is 0.708. The van der Waals surface area contributed by atoms with Crippen molar-refractivity contribution in [2.75, 3.05) is 18.1 Å². The average Bonchev–Trinajstić information content (AvgIpc) is 2.38. The maximum absolute atomic E-state index is 13.5. The number of anilines is 1. The van der Waals surface area contributed by atoms with E-state index in [1.54, 1.807) is 18.4 Å². The third-order valence-corrected chi connectivity index (χ3v) is 3.68. The van der Waals surface area contributed by atoms with Crippen LogP contribution in [0.2, 0.25) is 0 Å². The number of halogens is 1. The molecule has 0 aromatic heterocycles. The molecular formula is C14H21FN2O2S. The number of hydrogen-bond donors (Lipinski definition) is 3. The molecule has 1 atom stereocenters. The van der Waals surface area contributed by atoms with Crippen LogP contribution in [-0.2, 0) is 0 Å². The molecule has 0 aliphatic carbocycles. The summed E-state index contributed by atoms with van der Waals surface area (Å²) >= 11 is 1.31. The molecule has 0 saturated heterocycles. The summed E-state index contributed by atoms with van der Waals surface area (Å²) in [6.07, 6.45) is 1.84. The Bertz CT molecular complexity index is 455. The van der Waals surface area contributed by atoms with Crippen LogP contribution in [0.3, 0.4) is 0 Å². The largest absolute Gasteiger partial charge is 0.393 e. The van der Waals surface area contributed by atoms with Gasteiger partial charge in [0.1, 0.15) is 5.82 Å². The fraction of sp³-hybridized carbons (Fsp3) is 0.500. The Balaban J connectivity index is 2.41. The predicted octanol–water partition coefficient (Wildman–Crippen LogP) is 3.08. The molecule has 112 valence electrons. The Morgan fingerprint density at radius 1 is 1.45 bits per heavy atom. The number of amides is 2. The van der Waals surface area contributed by atoms with Gasteiger partial charge in [-0.05, 0) is 36.8 Å². The summed E-state index contributed by atoms with van der Waals surface area (Å²) in [6, 6.07) is 4.15. The molecule has 0 spiro atoms. The minimum atomic E-state index is -0.436. The summed E-state index contributed by atoms with van der Waals surface area (Å²) in [5.74, 6) is -0.196. The Hall–Kier alpha value is -1.27. The number of urea groups is 1. The molecule has 3 N–H and O–H groups in total. The van der Waals surface area contributed by atoms with Crippen LogP contribution < -0.4 is 10.6 Å². The average molecular weight is 300 g/mol. The predicted molar refractivity (Wildman–Crippen MR) is 80.7 cm³/mol. The molecule has 0 radical (unpaired) electrons. The lowest BCUT2D eigenvalue weighted by molar-refractivity contribution is 0.117. The number of thioether (sulfide) groups is 1. The Morgan fingerprint density at radius 3 is 2.70 bits per heavy atom. The summed E-state index contributed by atoms with van der Waals surface area (Å²) in [5.41, 5.74) is 0.405. The van der Waals surface area contributed by atoms with Gasteiger partial charge < -0.3 is 15.7 Å². The third-order valence-electron chi connectivity index (χ3n) is 2.90. The second kappa shape index (κ2) is 8.11. The smallest absolute Gasteiger partial charge is 0.319 e.